The Labute approximate surface area is 164 Å². The summed E-state index contributed by atoms with van der Waals surface area (Å²) < 4.78 is 53.5. The monoisotopic (exact) mass is 417 g/mol. The van der Waals surface area contributed by atoms with Crippen molar-refractivity contribution >= 4 is 25.7 Å². The minimum Gasteiger partial charge on any atom is -0.264 e. The van der Waals surface area contributed by atoms with Crippen molar-refractivity contribution in [3.63, 3.8) is 0 Å². The normalized spacial score (nSPS) is 18.8. The van der Waals surface area contributed by atoms with Crippen LogP contribution in [0.1, 0.15) is 12.5 Å². The molecule has 1 aromatic heterocycles. The van der Waals surface area contributed by atoms with Gasteiger partial charge in [0.25, 0.3) is 10.0 Å². The Morgan fingerprint density at radius 2 is 1.64 bits per heavy atom. The lowest BCUT2D eigenvalue weighted by atomic mass is 10.2. The summed E-state index contributed by atoms with van der Waals surface area (Å²) in [6, 6.07) is 18.6. The number of nitrogens with zero attached hydrogens (tertiary/aromatic N) is 2. The van der Waals surface area contributed by atoms with E-state index in [1.807, 2.05) is 30.3 Å². The fourth-order valence-electron chi connectivity index (χ4n) is 3.26. The van der Waals surface area contributed by atoms with Crippen molar-refractivity contribution in [3.8, 4) is 11.3 Å². The maximum absolute atomic E-state index is 12.8. The smallest absolute Gasteiger partial charge is 0.263 e. The highest BCUT2D eigenvalue weighted by atomic mass is 32.2. The molecular weight excluding hydrogens is 398 g/mol. The van der Waals surface area contributed by atoms with Crippen LogP contribution in [0, 0.1) is 0 Å². The lowest BCUT2D eigenvalue weighted by Crippen LogP contribution is -2.19. The quantitative estimate of drug-likeness (QED) is 0.688. The maximum atomic E-state index is 12.8. The molecular formula is C19H19N3O4S2. The summed E-state index contributed by atoms with van der Waals surface area (Å²) in [5.41, 5.74) is 1.40. The van der Waals surface area contributed by atoms with Gasteiger partial charge in [0, 0.05) is 11.6 Å². The van der Waals surface area contributed by atoms with Crippen molar-refractivity contribution in [1.29, 1.82) is 0 Å². The SMILES string of the molecule is O=S1(=O)CC[C@H](n2nc(-c3ccccc3)cc2NS(=O)(=O)c2ccccc2)C1. The van der Waals surface area contributed by atoms with E-state index in [0.717, 1.165) is 5.56 Å². The Morgan fingerprint density at radius 1 is 1.00 bits per heavy atom. The van der Waals surface area contributed by atoms with Gasteiger partial charge in [0.15, 0.2) is 9.84 Å². The predicted molar refractivity (Wildman–Crippen MR) is 107 cm³/mol. The van der Waals surface area contributed by atoms with Crippen LogP contribution in [0.3, 0.4) is 0 Å². The molecule has 0 bridgehead atoms. The molecule has 0 amide bonds. The number of sulfone groups is 1. The fourth-order valence-corrected chi connectivity index (χ4v) is 6.02. The number of aromatic nitrogens is 2. The van der Waals surface area contributed by atoms with E-state index in [1.54, 1.807) is 24.3 Å². The lowest BCUT2D eigenvalue weighted by Gasteiger charge is -2.14. The van der Waals surface area contributed by atoms with Gasteiger partial charge in [-0.2, -0.15) is 5.10 Å². The fraction of sp³-hybridized carbons (Fsp3) is 0.211. The standard InChI is InChI=1S/C19H19N3O4S2/c23-27(24)12-11-16(14-27)22-19(13-18(20-22)15-7-3-1-4-8-15)21-28(25,26)17-9-5-2-6-10-17/h1-10,13,16,21H,11-12,14H2/t16-/m0/s1. The molecule has 4 rings (SSSR count). The molecule has 1 aliphatic rings. The van der Waals surface area contributed by atoms with Crippen LogP contribution in [0.4, 0.5) is 5.82 Å². The van der Waals surface area contributed by atoms with Crippen molar-refractivity contribution in [2.24, 2.45) is 0 Å². The third kappa shape index (κ3) is 3.81. The van der Waals surface area contributed by atoms with Gasteiger partial charge in [0.2, 0.25) is 0 Å². The molecule has 1 atom stereocenters. The van der Waals surface area contributed by atoms with Gasteiger partial charge in [-0.25, -0.2) is 21.5 Å². The average molecular weight is 418 g/mol. The van der Waals surface area contributed by atoms with Gasteiger partial charge in [0.1, 0.15) is 5.82 Å². The summed E-state index contributed by atoms with van der Waals surface area (Å²) in [5.74, 6) is 0.274. The second-order valence-corrected chi connectivity index (χ2v) is 10.6. The van der Waals surface area contributed by atoms with E-state index < -0.39 is 25.9 Å². The number of rotatable bonds is 5. The van der Waals surface area contributed by atoms with Crippen LogP contribution in [0.25, 0.3) is 11.3 Å². The van der Waals surface area contributed by atoms with Gasteiger partial charge in [-0.05, 0) is 18.6 Å². The molecule has 1 N–H and O–H groups in total. The van der Waals surface area contributed by atoms with Crippen LogP contribution in [0.5, 0.6) is 0 Å². The minimum absolute atomic E-state index is 0.0526. The van der Waals surface area contributed by atoms with Crippen molar-refractivity contribution in [3.05, 3.63) is 66.7 Å². The minimum atomic E-state index is -3.82. The molecule has 0 saturated carbocycles. The van der Waals surface area contributed by atoms with E-state index in [0.29, 0.717) is 12.1 Å². The highest BCUT2D eigenvalue weighted by molar-refractivity contribution is 7.92. The summed E-state index contributed by atoms with van der Waals surface area (Å²) in [5, 5.41) is 4.53. The third-order valence-corrected chi connectivity index (χ3v) is 7.77. The molecule has 0 spiro atoms. The van der Waals surface area contributed by atoms with Gasteiger partial charge in [0.05, 0.1) is 28.1 Å². The molecule has 1 aliphatic heterocycles. The summed E-state index contributed by atoms with van der Waals surface area (Å²) in [4.78, 5) is 0.128. The summed E-state index contributed by atoms with van der Waals surface area (Å²) in [6.45, 7) is 0. The second-order valence-electron chi connectivity index (χ2n) is 6.70. The Bertz CT molecular complexity index is 1190. The lowest BCUT2D eigenvalue weighted by molar-refractivity contribution is 0.507. The molecule has 0 unspecified atom stereocenters. The topological polar surface area (TPSA) is 98.1 Å². The van der Waals surface area contributed by atoms with Crippen molar-refractivity contribution < 1.29 is 16.8 Å². The summed E-state index contributed by atoms with van der Waals surface area (Å²) in [7, 11) is -6.97. The first-order valence-corrected chi connectivity index (χ1v) is 12.1. The van der Waals surface area contributed by atoms with E-state index in [4.69, 9.17) is 0 Å². The van der Waals surface area contributed by atoms with E-state index >= 15 is 0 Å². The number of anilines is 1. The number of sulfonamides is 1. The van der Waals surface area contributed by atoms with Crippen LogP contribution in [0.15, 0.2) is 71.6 Å². The van der Waals surface area contributed by atoms with E-state index in [1.165, 1.54) is 16.8 Å². The zero-order chi connectivity index (χ0) is 19.8. The highest BCUT2D eigenvalue weighted by Gasteiger charge is 2.32. The Balaban J connectivity index is 1.76. The first-order valence-electron chi connectivity index (χ1n) is 8.77. The molecule has 0 radical (unpaired) electrons. The van der Waals surface area contributed by atoms with Gasteiger partial charge in [-0.3, -0.25) is 4.72 Å². The number of hydrogen-bond acceptors (Lipinski definition) is 5. The van der Waals surface area contributed by atoms with Crippen molar-refractivity contribution in [1.82, 2.24) is 9.78 Å². The Morgan fingerprint density at radius 3 is 2.25 bits per heavy atom. The van der Waals surface area contributed by atoms with Gasteiger partial charge < -0.3 is 0 Å². The largest absolute Gasteiger partial charge is 0.264 e. The van der Waals surface area contributed by atoms with Crippen LogP contribution >= 0.6 is 0 Å². The molecule has 3 aromatic rings. The van der Waals surface area contributed by atoms with E-state index in [9.17, 15) is 16.8 Å². The second kappa shape index (κ2) is 7.06. The molecule has 0 aliphatic carbocycles. The zero-order valence-electron chi connectivity index (χ0n) is 14.9. The highest BCUT2D eigenvalue weighted by Crippen LogP contribution is 2.31. The molecule has 2 heterocycles. The molecule has 28 heavy (non-hydrogen) atoms. The first kappa shape index (κ1) is 18.7. The van der Waals surface area contributed by atoms with Crippen molar-refractivity contribution in [2.45, 2.75) is 17.4 Å². The first-order chi connectivity index (χ1) is 13.3. The van der Waals surface area contributed by atoms with Crippen LogP contribution < -0.4 is 4.72 Å². The molecule has 2 aromatic carbocycles. The molecule has 9 heteroatoms. The summed E-state index contributed by atoms with van der Waals surface area (Å²) in [6.07, 6.45) is 0.401. The number of benzene rings is 2. The number of hydrogen-bond donors (Lipinski definition) is 1. The van der Waals surface area contributed by atoms with Crippen LogP contribution in [-0.2, 0) is 19.9 Å². The van der Waals surface area contributed by atoms with Crippen molar-refractivity contribution in [2.75, 3.05) is 16.2 Å². The molecule has 7 nitrogen and oxygen atoms in total. The molecule has 1 fully saturated rings. The Hall–Kier alpha value is -2.65. The van der Waals surface area contributed by atoms with E-state index in [-0.39, 0.29) is 22.2 Å². The summed E-state index contributed by atoms with van der Waals surface area (Å²) >= 11 is 0. The zero-order valence-corrected chi connectivity index (χ0v) is 16.5. The molecule has 146 valence electrons. The number of nitrogens with one attached hydrogen (secondary N) is 1. The average Bonchev–Trinajstić information content (AvgIpc) is 3.25. The maximum Gasteiger partial charge on any atom is 0.263 e. The van der Waals surface area contributed by atoms with Gasteiger partial charge >= 0.3 is 0 Å². The molecule has 1 saturated heterocycles. The van der Waals surface area contributed by atoms with Crippen LogP contribution in [0.2, 0.25) is 0 Å². The van der Waals surface area contributed by atoms with Gasteiger partial charge in [-0.1, -0.05) is 48.5 Å². The predicted octanol–water partition coefficient (Wildman–Crippen LogP) is 2.71. The Kier molecular flexibility index (Phi) is 4.72. The third-order valence-electron chi connectivity index (χ3n) is 4.65. The van der Waals surface area contributed by atoms with Gasteiger partial charge in [-0.15, -0.1) is 0 Å². The van der Waals surface area contributed by atoms with Crippen LogP contribution in [-0.4, -0.2) is 38.1 Å². The van der Waals surface area contributed by atoms with E-state index in [2.05, 4.69) is 9.82 Å².